The van der Waals surface area contributed by atoms with Gasteiger partial charge in [0.2, 0.25) is 5.91 Å². The van der Waals surface area contributed by atoms with E-state index in [4.69, 9.17) is 6.42 Å². The summed E-state index contributed by atoms with van der Waals surface area (Å²) in [5, 5.41) is 0. The van der Waals surface area contributed by atoms with Crippen molar-refractivity contribution in [2.24, 2.45) is 5.92 Å². The van der Waals surface area contributed by atoms with Crippen molar-refractivity contribution in [2.45, 2.75) is 77.6 Å². The zero-order valence-corrected chi connectivity index (χ0v) is 13.2. The lowest BCUT2D eigenvalue weighted by molar-refractivity contribution is -0.127. The van der Waals surface area contributed by atoms with E-state index in [1.165, 1.54) is 57.8 Å². The normalized spacial score (nSPS) is 18.5. The molecule has 0 saturated carbocycles. The van der Waals surface area contributed by atoms with Crippen molar-refractivity contribution in [3.8, 4) is 12.3 Å². The Morgan fingerprint density at radius 1 is 1.05 bits per heavy atom. The molecule has 1 rings (SSSR count). The molecule has 1 aliphatic rings. The van der Waals surface area contributed by atoms with Gasteiger partial charge in [-0.2, -0.15) is 0 Å². The molecule has 1 unspecified atom stereocenters. The molecule has 1 aliphatic heterocycles. The highest BCUT2D eigenvalue weighted by Crippen LogP contribution is 2.18. The average Bonchev–Trinajstić information content (AvgIpc) is 2.81. The molecule has 1 atom stereocenters. The number of carbonyl (C=O) groups is 1. The quantitative estimate of drug-likeness (QED) is 0.405. The van der Waals surface area contributed by atoms with Gasteiger partial charge in [0.15, 0.2) is 0 Å². The molecule has 0 aromatic carbocycles. The molecule has 0 aromatic rings. The Hall–Kier alpha value is -0.970. The largest absolute Gasteiger partial charge is 0.341 e. The third-order valence-electron chi connectivity index (χ3n) is 4.23. The summed E-state index contributed by atoms with van der Waals surface area (Å²) in [6, 6.07) is 0. The SMILES string of the molecule is C#CC1CC(=O)N(CCCCCCCCCCCC)C1. The van der Waals surface area contributed by atoms with Crippen LogP contribution in [0.1, 0.15) is 77.6 Å². The second-order valence-corrected chi connectivity index (χ2v) is 6.09. The van der Waals surface area contributed by atoms with Crippen LogP contribution in [0.3, 0.4) is 0 Å². The third kappa shape index (κ3) is 6.98. The van der Waals surface area contributed by atoms with Gasteiger partial charge in [0, 0.05) is 25.4 Å². The van der Waals surface area contributed by atoms with Gasteiger partial charge in [-0.25, -0.2) is 0 Å². The van der Waals surface area contributed by atoms with E-state index in [0.717, 1.165) is 19.5 Å². The van der Waals surface area contributed by atoms with Crippen LogP contribution in [0.5, 0.6) is 0 Å². The predicted octanol–water partition coefficient (Wildman–Crippen LogP) is 4.39. The van der Waals surface area contributed by atoms with E-state index in [9.17, 15) is 4.79 Å². The molecule has 0 N–H and O–H groups in total. The van der Waals surface area contributed by atoms with Gasteiger partial charge in [-0.15, -0.1) is 12.3 Å². The molecule has 0 aliphatic carbocycles. The number of nitrogens with zero attached hydrogens (tertiary/aromatic N) is 1. The second-order valence-electron chi connectivity index (χ2n) is 6.09. The zero-order chi connectivity index (χ0) is 14.6. The summed E-state index contributed by atoms with van der Waals surface area (Å²) in [7, 11) is 0. The van der Waals surface area contributed by atoms with Gasteiger partial charge in [-0.3, -0.25) is 4.79 Å². The number of amides is 1. The van der Waals surface area contributed by atoms with Gasteiger partial charge < -0.3 is 4.90 Å². The molecule has 0 radical (unpaired) electrons. The Morgan fingerprint density at radius 2 is 1.60 bits per heavy atom. The number of hydrogen-bond acceptors (Lipinski definition) is 1. The van der Waals surface area contributed by atoms with Crippen LogP contribution < -0.4 is 0 Å². The minimum atomic E-state index is 0.158. The van der Waals surface area contributed by atoms with Crippen LogP contribution in [0, 0.1) is 18.3 Å². The van der Waals surface area contributed by atoms with Crippen LogP contribution in [0.4, 0.5) is 0 Å². The number of unbranched alkanes of at least 4 members (excludes halogenated alkanes) is 9. The summed E-state index contributed by atoms with van der Waals surface area (Å²) in [5.74, 6) is 3.11. The van der Waals surface area contributed by atoms with Gasteiger partial charge in [0.25, 0.3) is 0 Å². The number of carbonyl (C=O) groups excluding carboxylic acids is 1. The lowest BCUT2D eigenvalue weighted by atomic mass is 10.1. The Bertz CT molecular complexity index is 305. The second kappa shape index (κ2) is 10.8. The molecule has 1 amide bonds. The Labute approximate surface area is 125 Å². The van der Waals surface area contributed by atoms with E-state index in [1.54, 1.807) is 0 Å². The summed E-state index contributed by atoms with van der Waals surface area (Å²) in [6.07, 6.45) is 19.3. The van der Waals surface area contributed by atoms with Gasteiger partial charge >= 0.3 is 0 Å². The van der Waals surface area contributed by atoms with Gasteiger partial charge in [-0.05, 0) is 6.42 Å². The van der Waals surface area contributed by atoms with Crippen molar-refractivity contribution in [1.29, 1.82) is 0 Å². The Kier molecular flexibility index (Phi) is 9.20. The minimum absolute atomic E-state index is 0.158. The van der Waals surface area contributed by atoms with E-state index in [-0.39, 0.29) is 11.8 Å². The molecule has 20 heavy (non-hydrogen) atoms. The molecular weight excluding hydrogens is 246 g/mol. The fourth-order valence-electron chi connectivity index (χ4n) is 2.89. The summed E-state index contributed by atoms with van der Waals surface area (Å²) >= 11 is 0. The maximum Gasteiger partial charge on any atom is 0.223 e. The third-order valence-corrected chi connectivity index (χ3v) is 4.23. The summed E-state index contributed by atoms with van der Waals surface area (Å²) < 4.78 is 0. The monoisotopic (exact) mass is 277 g/mol. The lowest BCUT2D eigenvalue weighted by Crippen LogP contribution is -2.26. The first kappa shape index (κ1) is 17.1. The molecule has 0 spiro atoms. The first-order valence-electron chi connectivity index (χ1n) is 8.51. The fourth-order valence-corrected chi connectivity index (χ4v) is 2.89. The minimum Gasteiger partial charge on any atom is -0.341 e. The molecule has 1 heterocycles. The van der Waals surface area contributed by atoms with Crippen molar-refractivity contribution in [3.05, 3.63) is 0 Å². The number of terminal acetylenes is 1. The Balaban J connectivity index is 1.88. The van der Waals surface area contributed by atoms with Gasteiger partial charge in [0.1, 0.15) is 0 Å². The maximum atomic E-state index is 11.7. The number of hydrogen-bond donors (Lipinski definition) is 0. The van der Waals surface area contributed by atoms with Crippen molar-refractivity contribution >= 4 is 5.91 Å². The van der Waals surface area contributed by atoms with Crippen LogP contribution in [-0.2, 0) is 4.79 Å². The van der Waals surface area contributed by atoms with Gasteiger partial charge in [-0.1, -0.05) is 64.7 Å². The molecule has 114 valence electrons. The van der Waals surface area contributed by atoms with E-state index >= 15 is 0 Å². The maximum absolute atomic E-state index is 11.7. The first-order valence-corrected chi connectivity index (χ1v) is 8.51. The van der Waals surface area contributed by atoms with Crippen molar-refractivity contribution < 1.29 is 4.79 Å². The fraction of sp³-hybridized carbons (Fsp3) is 0.833. The highest BCUT2D eigenvalue weighted by Gasteiger charge is 2.27. The summed E-state index contributed by atoms with van der Waals surface area (Å²) in [4.78, 5) is 13.6. The molecule has 1 fully saturated rings. The van der Waals surface area contributed by atoms with Gasteiger partial charge in [0.05, 0.1) is 0 Å². The highest BCUT2D eigenvalue weighted by molar-refractivity contribution is 5.79. The lowest BCUT2D eigenvalue weighted by Gasteiger charge is -2.15. The molecule has 2 nitrogen and oxygen atoms in total. The molecular formula is C18H31NO. The molecule has 0 aromatic heterocycles. The summed E-state index contributed by atoms with van der Waals surface area (Å²) in [5.41, 5.74) is 0. The predicted molar refractivity (Wildman–Crippen MR) is 85.4 cm³/mol. The van der Waals surface area contributed by atoms with Crippen LogP contribution in [0.15, 0.2) is 0 Å². The van der Waals surface area contributed by atoms with Crippen LogP contribution in [-0.4, -0.2) is 23.9 Å². The zero-order valence-electron chi connectivity index (χ0n) is 13.2. The molecule has 2 heteroatoms. The van der Waals surface area contributed by atoms with Crippen LogP contribution in [0.2, 0.25) is 0 Å². The topological polar surface area (TPSA) is 20.3 Å². The van der Waals surface area contributed by atoms with E-state index in [2.05, 4.69) is 12.8 Å². The summed E-state index contributed by atoms with van der Waals surface area (Å²) in [6.45, 7) is 3.96. The van der Waals surface area contributed by atoms with Crippen molar-refractivity contribution in [2.75, 3.05) is 13.1 Å². The van der Waals surface area contributed by atoms with E-state index in [1.807, 2.05) is 4.90 Å². The Morgan fingerprint density at radius 3 is 2.10 bits per heavy atom. The first-order chi connectivity index (χ1) is 9.77. The average molecular weight is 277 g/mol. The van der Waals surface area contributed by atoms with Crippen LogP contribution >= 0.6 is 0 Å². The van der Waals surface area contributed by atoms with E-state index < -0.39 is 0 Å². The highest BCUT2D eigenvalue weighted by atomic mass is 16.2. The number of rotatable bonds is 11. The van der Waals surface area contributed by atoms with Crippen molar-refractivity contribution in [3.63, 3.8) is 0 Å². The number of likely N-dealkylation sites (tertiary alicyclic amines) is 1. The molecule has 0 bridgehead atoms. The smallest absolute Gasteiger partial charge is 0.223 e. The van der Waals surface area contributed by atoms with E-state index in [0.29, 0.717) is 6.42 Å². The van der Waals surface area contributed by atoms with Crippen LogP contribution in [0.25, 0.3) is 0 Å². The van der Waals surface area contributed by atoms with Crippen molar-refractivity contribution in [1.82, 2.24) is 4.90 Å². The molecule has 1 saturated heterocycles. The standard InChI is InChI=1S/C18H31NO/c1-3-5-6-7-8-9-10-11-12-13-14-19-16-17(4-2)15-18(19)20/h2,17H,3,5-16H2,1H3.